The molecule has 3 amide bonds. The molecule has 1 N–H and O–H groups in total. The van der Waals surface area contributed by atoms with Gasteiger partial charge in [0.2, 0.25) is 5.91 Å². The number of amides is 3. The quantitative estimate of drug-likeness (QED) is 0.577. The minimum absolute atomic E-state index is 0.0301. The second-order valence-corrected chi connectivity index (χ2v) is 8.05. The van der Waals surface area contributed by atoms with Crippen molar-refractivity contribution in [3.8, 4) is 0 Å². The van der Waals surface area contributed by atoms with Crippen LogP contribution in [0.25, 0.3) is 0 Å². The lowest BCUT2D eigenvalue weighted by Gasteiger charge is -2.49. The molecule has 1 aromatic heterocycles. The van der Waals surface area contributed by atoms with Gasteiger partial charge in [0, 0.05) is 37.7 Å². The Morgan fingerprint density at radius 3 is 2.77 bits per heavy atom. The lowest BCUT2D eigenvalue weighted by Crippen LogP contribution is -2.69. The van der Waals surface area contributed by atoms with E-state index >= 15 is 0 Å². The van der Waals surface area contributed by atoms with E-state index in [1.807, 2.05) is 0 Å². The maximum absolute atomic E-state index is 12.9. The Balaban J connectivity index is 1.49. The van der Waals surface area contributed by atoms with Gasteiger partial charge in [-0.3, -0.25) is 24.3 Å². The van der Waals surface area contributed by atoms with Crippen LogP contribution in [0.3, 0.4) is 0 Å². The van der Waals surface area contributed by atoms with Crippen molar-refractivity contribution >= 4 is 29.4 Å². The maximum atomic E-state index is 12.9. The molecule has 3 atom stereocenters. The van der Waals surface area contributed by atoms with Crippen LogP contribution >= 0.6 is 0 Å². The van der Waals surface area contributed by atoms with Gasteiger partial charge in [0.05, 0.1) is 17.9 Å². The van der Waals surface area contributed by atoms with Gasteiger partial charge < -0.3 is 14.9 Å². The standard InChI is InChI=1S/C21H20N4O5/c1-11(26)24-10-14-8-13(17(21(29)30)25-16(14)18(24)20(25)28)7-12-4-6-23(19(12)27)15-3-2-5-22-9-15/h2-3,5,7,9,14,16,18H,4,6,8,10H2,1H3,(H,29,30)/b12-7+/t14?,16-,18?/m1/s1. The molecule has 0 spiro atoms. The normalized spacial score (nSPS) is 28.9. The minimum atomic E-state index is -1.19. The smallest absolute Gasteiger partial charge is 0.352 e. The molecule has 4 aliphatic heterocycles. The molecule has 9 nitrogen and oxygen atoms in total. The van der Waals surface area contributed by atoms with Gasteiger partial charge in [-0.1, -0.05) is 0 Å². The summed E-state index contributed by atoms with van der Waals surface area (Å²) in [5.41, 5.74) is 1.60. The van der Waals surface area contributed by atoms with Crippen LogP contribution in [0.5, 0.6) is 0 Å². The first kappa shape index (κ1) is 18.5. The van der Waals surface area contributed by atoms with Crippen molar-refractivity contribution in [1.29, 1.82) is 0 Å². The van der Waals surface area contributed by atoms with Crippen LogP contribution in [0.1, 0.15) is 19.8 Å². The Labute approximate surface area is 172 Å². The van der Waals surface area contributed by atoms with Gasteiger partial charge in [-0.05, 0) is 36.6 Å². The Kier molecular flexibility index (Phi) is 4.02. The number of likely N-dealkylation sites (tertiary alicyclic amines) is 1. The average Bonchev–Trinajstić information content (AvgIpc) is 3.27. The number of hydrogen-bond donors (Lipinski definition) is 1. The highest BCUT2D eigenvalue weighted by molar-refractivity contribution is 6.09. The van der Waals surface area contributed by atoms with E-state index < -0.39 is 12.0 Å². The fourth-order valence-corrected chi connectivity index (χ4v) is 5.14. The number of anilines is 1. The zero-order valence-corrected chi connectivity index (χ0v) is 16.3. The number of rotatable bonds is 3. The summed E-state index contributed by atoms with van der Waals surface area (Å²) < 4.78 is 0. The van der Waals surface area contributed by atoms with E-state index in [-0.39, 0.29) is 35.4 Å². The number of carboxylic acids is 1. The monoisotopic (exact) mass is 408 g/mol. The third-order valence-corrected chi connectivity index (χ3v) is 6.43. The first-order chi connectivity index (χ1) is 14.4. The van der Waals surface area contributed by atoms with Gasteiger partial charge in [0.15, 0.2) is 0 Å². The van der Waals surface area contributed by atoms with Gasteiger partial charge in [-0.25, -0.2) is 4.79 Å². The maximum Gasteiger partial charge on any atom is 0.352 e. The van der Waals surface area contributed by atoms with Gasteiger partial charge in [-0.2, -0.15) is 0 Å². The summed E-state index contributed by atoms with van der Waals surface area (Å²) in [6, 6.07) is 2.70. The third kappa shape index (κ3) is 2.51. The molecule has 0 saturated carbocycles. The minimum Gasteiger partial charge on any atom is -0.477 e. The lowest BCUT2D eigenvalue weighted by molar-refractivity contribution is -0.159. The molecule has 1 aromatic rings. The summed E-state index contributed by atoms with van der Waals surface area (Å²) in [5, 5.41) is 9.82. The highest BCUT2D eigenvalue weighted by Gasteiger charge is 2.63. The van der Waals surface area contributed by atoms with Crippen LogP contribution in [0.2, 0.25) is 0 Å². The Morgan fingerprint density at radius 2 is 2.10 bits per heavy atom. The van der Waals surface area contributed by atoms with Crippen molar-refractivity contribution in [3.05, 3.63) is 47.4 Å². The number of carbonyl (C=O) groups excluding carboxylic acids is 3. The number of nitrogens with zero attached hydrogens (tertiary/aromatic N) is 4. The molecule has 0 aromatic carbocycles. The van der Waals surface area contributed by atoms with Crippen LogP contribution in [-0.4, -0.2) is 68.8 Å². The van der Waals surface area contributed by atoms with Gasteiger partial charge in [0.25, 0.3) is 11.8 Å². The molecular weight excluding hydrogens is 388 g/mol. The van der Waals surface area contributed by atoms with Crippen molar-refractivity contribution in [2.24, 2.45) is 5.92 Å². The second-order valence-electron chi connectivity index (χ2n) is 8.05. The summed E-state index contributed by atoms with van der Waals surface area (Å²) in [6.45, 7) is 2.33. The zero-order valence-electron chi connectivity index (χ0n) is 16.3. The summed E-state index contributed by atoms with van der Waals surface area (Å²) in [7, 11) is 0. The molecule has 3 saturated heterocycles. The predicted molar refractivity (Wildman–Crippen MR) is 104 cm³/mol. The highest BCUT2D eigenvalue weighted by Crippen LogP contribution is 2.47. The van der Waals surface area contributed by atoms with Crippen molar-refractivity contribution in [3.63, 3.8) is 0 Å². The summed E-state index contributed by atoms with van der Waals surface area (Å²) >= 11 is 0. The van der Waals surface area contributed by atoms with Crippen LogP contribution in [0.15, 0.2) is 47.4 Å². The van der Waals surface area contributed by atoms with Gasteiger partial charge >= 0.3 is 5.97 Å². The van der Waals surface area contributed by atoms with Crippen molar-refractivity contribution < 1.29 is 24.3 Å². The summed E-state index contributed by atoms with van der Waals surface area (Å²) in [6.07, 6.45) is 5.78. The molecular formula is C21H20N4O5. The number of β-lactam (4-membered cyclic amide) rings is 1. The number of hydrogen-bond acceptors (Lipinski definition) is 5. The van der Waals surface area contributed by atoms with E-state index in [9.17, 15) is 24.3 Å². The molecule has 5 rings (SSSR count). The molecule has 154 valence electrons. The van der Waals surface area contributed by atoms with E-state index in [2.05, 4.69) is 4.98 Å². The molecule has 30 heavy (non-hydrogen) atoms. The highest BCUT2D eigenvalue weighted by atomic mass is 16.4. The molecule has 9 heteroatoms. The largest absolute Gasteiger partial charge is 0.477 e. The van der Waals surface area contributed by atoms with Crippen LogP contribution in [-0.2, 0) is 19.2 Å². The number of allylic oxidation sites excluding steroid dienone is 2. The number of carbonyl (C=O) groups is 4. The van der Waals surface area contributed by atoms with Gasteiger partial charge in [-0.15, -0.1) is 0 Å². The SMILES string of the molecule is CC(=O)N1CC2CC(/C=C3\CCN(c4cccnc4)C3=O)=C(C(=O)O)N3C(=O)C1[C@@H]23. The number of aromatic nitrogens is 1. The first-order valence-electron chi connectivity index (χ1n) is 9.87. The van der Waals surface area contributed by atoms with Crippen LogP contribution in [0.4, 0.5) is 5.69 Å². The zero-order chi connectivity index (χ0) is 21.2. The first-order valence-corrected chi connectivity index (χ1v) is 9.87. The Hall–Kier alpha value is -3.49. The van der Waals surface area contributed by atoms with E-state index in [4.69, 9.17) is 0 Å². The summed E-state index contributed by atoms with van der Waals surface area (Å²) in [5.74, 6) is -1.95. The molecule has 5 heterocycles. The number of aliphatic carboxylic acids is 1. The topological polar surface area (TPSA) is 111 Å². The Morgan fingerprint density at radius 1 is 1.30 bits per heavy atom. The predicted octanol–water partition coefficient (Wildman–Crippen LogP) is 0.545. The fraction of sp³-hybridized carbons (Fsp3) is 0.381. The number of carboxylic acid groups (broad SMARTS) is 1. The van der Waals surface area contributed by atoms with Crippen LogP contribution < -0.4 is 4.90 Å². The molecule has 4 aliphatic rings. The molecule has 0 aliphatic carbocycles. The molecule has 2 unspecified atom stereocenters. The van der Waals surface area contributed by atoms with E-state index in [0.717, 1.165) is 0 Å². The Bertz CT molecular complexity index is 1050. The van der Waals surface area contributed by atoms with Crippen LogP contribution in [0, 0.1) is 5.92 Å². The lowest BCUT2D eigenvalue weighted by atomic mass is 9.79. The van der Waals surface area contributed by atoms with E-state index in [0.29, 0.717) is 42.8 Å². The second kappa shape index (κ2) is 6.51. The molecule has 3 fully saturated rings. The van der Waals surface area contributed by atoms with E-state index in [1.54, 1.807) is 35.5 Å². The molecule has 0 bridgehead atoms. The summed E-state index contributed by atoms with van der Waals surface area (Å²) in [4.78, 5) is 58.1. The van der Waals surface area contributed by atoms with Gasteiger partial charge in [0.1, 0.15) is 11.7 Å². The third-order valence-electron chi connectivity index (χ3n) is 6.43. The van der Waals surface area contributed by atoms with Crippen molar-refractivity contribution in [1.82, 2.24) is 14.8 Å². The average molecular weight is 408 g/mol. The van der Waals surface area contributed by atoms with E-state index in [1.165, 1.54) is 16.7 Å². The fourth-order valence-electron chi connectivity index (χ4n) is 5.14. The van der Waals surface area contributed by atoms with Crippen molar-refractivity contribution in [2.45, 2.75) is 31.8 Å². The number of pyridine rings is 1. The van der Waals surface area contributed by atoms with Crippen molar-refractivity contribution in [2.75, 3.05) is 18.0 Å². The molecule has 0 radical (unpaired) electrons.